The van der Waals surface area contributed by atoms with Crippen LogP contribution in [0.4, 0.5) is 0 Å². The van der Waals surface area contributed by atoms with Crippen molar-refractivity contribution >= 4 is 35.7 Å². The number of thiol groups is 1. The first kappa shape index (κ1) is 32.6. The van der Waals surface area contributed by atoms with Gasteiger partial charge >= 0.3 is 11.9 Å². The molecule has 6 atom stereocenters. The van der Waals surface area contributed by atoms with E-state index in [1.54, 1.807) is 12.1 Å². The number of rotatable bonds is 8. The van der Waals surface area contributed by atoms with Crippen LogP contribution in [0, 0.1) is 0 Å². The zero-order valence-electron chi connectivity index (χ0n) is 21.0. The molecule has 11 N–H and O–H groups in total. The number of aromatic nitrogens is 4. The number of hydrogen-bond acceptors (Lipinski definition) is 14. The van der Waals surface area contributed by atoms with Gasteiger partial charge in [-0.1, -0.05) is 12.1 Å². The lowest BCUT2D eigenvalue weighted by atomic mass is 10.1. The van der Waals surface area contributed by atoms with E-state index in [9.17, 15) is 24.9 Å². The van der Waals surface area contributed by atoms with E-state index in [0.717, 1.165) is 11.9 Å². The Morgan fingerprint density at radius 3 is 2.12 bits per heavy atom. The van der Waals surface area contributed by atoms with Gasteiger partial charge in [0, 0.05) is 0 Å². The lowest BCUT2D eigenvalue weighted by Gasteiger charge is -2.16. The van der Waals surface area contributed by atoms with Crippen molar-refractivity contribution in [2.45, 2.75) is 49.5 Å². The third-order valence-electron chi connectivity index (χ3n) is 5.60. The molecule has 0 aliphatic carbocycles. The number of aromatic hydroxyl groups is 2. The van der Waals surface area contributed by atoms with Crippen LogP contribution in [0.2, 0.25) is 0 Å². The Morgan fingerprint density at radius 2 is 1.62 bits per heavy atom. The van der Waals surface area contributed by atoms with Crippen LogP contribution in [0.5, 0.6) is 11.6 Å². The summed E-state index contributed by atoms with van der Waals surface area (Å²) in [7, 11) is 0. The molecule has 1 fully saturated rings. The third kappa shape index (κ3) is 8.71. The van der Waals surface area contributed by atoms with Crippen molar-refractivity contribution < 1.29 is 50.1 Å². The molecule has 0 unspecified atom stereocenters. The minimum absolute atomic E-state index is 0.160. The van der Waals surface area contributed by atoms with Crippen LogP contribution >= 0.6 is 12.6 Å². The fraction of sp³-hybridized carbons (Fsp3) is 0.435. The predicted octanol–water partition coefficient (Wildman–Crippen LogP) is -1.79. The van der Waals surface area contributed by atoms with Gasteiger partial charge in [-0.3, -0.25) is 14.2 Å². The van der Waals surface area contributed by atoms with Gasteiger partial charge in [-0.2, -0.15) is 17.6 Å². The number of carboxylic acid groups (broad SMARTS) is 2. The highest BCUT2D eigenvalue weighted by Crippen LogP contribution is 2.32. The molecule has 1 aliphatic heterocycles. The molecular formula is C23H32N6O10S. The first-order chi connectivity index (χ1) is 18.9. The number of fused-ring (bicyclic) bond motifs is 1. The molecule has 4 rings (SSSR count). The van der Waals surface area contributed by atoms with Crippen LogP contribution in [0.15, 0.2) is 36.9 Å². The maximum atomic E-state index is 10.4. The number of phenolic OH excluding ortho intramolecular Hbond substituents is 1. The Kier molecular flexibility index (Phi) is 12.5. The number of carboxylic acids is 2. The summed E-state index contributed by atoms with van der Waals surface area (Å²) in [4.78, 5) is 31.8. The summed E-state index contributed by atoms with van der Waals surface area (Å²) < 4.78 is 6.73. The van der Waals surface area contributed by atoms with Crippen molar-refractivity contribution in [3.05, 3.63) is 42.5 Å². The van der Waals surface area contributed by atoms with Crippen molar-refractivity contribution in [3.8, 4) is 11.6 Å². The summed E-state index contributed by atoms with van der Waals surface area (Å²) in [5.41, 5.74) is 11.6. The molecule has 1 aliphatic rings. The highest BCUT2D eigenvalue weighted by Gasteiger charge is 2.44. The number of nitrogens with zero attached hydrogens (tertiary/aromatic N) is 4. The van der Waals surface area contributed by atoms with E-state index in [-0.39, 0.29) is 29.2 Å². The average Bonchev–Trinajstić information content (AvgIpc) is 3.47. The largest absolute Gasteiger partial charge is 0.508 e. The zero-order chi connectivity index (χ0) is 30.0. The van der Waals surface area contributed by atoms with E-state index in [4.69, 9.17) is 36.6 Å². The van der Waals surface area contributed by atoms with Gasteiger partial charge in [0.05, 0.1) is 12.9 Å². The number of phenols is 1. The summed E-state index contributed by atoms with van der Waals surface area (Å²) in [6.07, 6.45) is -1.08. The van der Waals surface area contributed by atoms with Gasteiger partial charge in [0.1, 0.15) is 42.5 Å². The number of aliphatic hydroxyl groups is 3. The van der Waals surface area contributed by atoms with E-state index in [1.807, 2.05) is 0 Å². The SMILES string of the molecule is N[C@@H](CCS)C(=O)O.N[C@@H](Cc1ccc(O)cc1)C(=O)O.OC[C@H]1O[C@@H](n2cnc3c(O)ncnc32)[C@H](O)[C@@H]1O. The summed E-state index contributed by atoms with van der Waals surface area (Å²) in [5.74, 6) is -1.58. The van der Waals surface area contributed by atoms with E-state index in [1.165, 1.54) is 23.0 Å². The molecule has 0 spiro atoms. The van der Waals surface area contributed by atoms with Crippen molar-refractivity contribution in [3.63, 3.8) is 0 Å². The lowest BCUT2D eigenvalue weighted by Crippen LogP contribution is -2.33. The fourth-order valence-electron chi connectivity index (χ4n) is 3.37. The molecule has 40 heavy (non-hydrogen) atoms. The molecule has 0 bridgehead atoms. The zero-order valence-corrected chi connectivity index (χ0v) is 21.9. The minimum Gasteiger partial charge on any atom is -0.508 e. The topological polar surface area (TPSA) is 281 Å². The number of ether oxygens (including phenoxy) is 1. The summed E-state index contributed by atoms with van der Waals surface area (Å²) in [5, 5.41) is 63.8. The van der Waals surface area contributed by atoms with Crippen molar-refractivity contribution in [1.29, 1.82) is 0 Å². The normalized spacial score (nSPS) is 21.4. The summed E-state index contributed by atoms with van der Waals surface area (Å²) in [6, 6.07) is 4.68. The number of benzene rings is 1. The van der Waals surface area contributed by atoms with E-state index in [2.05, 4.69) is 27.6 Å². The monoisotopic (exact) mass is 584 g/mol. The van der Waals surface area contributed by atoms with Gasteiger partial charge in [-0.25, -0.2) is 9.97 Å². The van der Waals surface area contributed by atoms with Crippen LogP contribution in [0.1, 0.15) is 18.2 Å². The molecule has 0 saturated carbocycles. The second kappa shape index (κ2) is 15.3. The van der Waals surface area contributed by atoms with E-state index < -0.39 is 55.2 Å². The maximum Gasteiger partial charge on any atom is 0.320 e. The fourth-order valence-corrected chi connectivity index (χ4v) is 3.65. The van der Waals surface area contributed by atoms with Crippen molar-refractivity contribution in [1.82, 2.24) is 19.5 Å². The van der Waals surface area contributed by atoms with Gasteiger partial charge in [0.2, 0.25) is 5.88 Å². The van der Waals surface area contributed by atoms with Crippen LogP contribution in [-0.4, -0.2) is 110 Å². The number of aliphatic carboxylic acids is 2. The molecule has 17 heteroatoms. The van der Waals surface area contributed by atoms with Gasteiger partial charge in [0.25, 0.3) is 0 Å². The molecular weight excluding hydrogens is 552 g/mol. The van der Waals surface area contributed by atoms with Gasteiger partial charge in [-0.05, 0) is 36.3 Å². The number of nitrogens with two attached hydrogens (primary N) is 2. The summed E-state index contributed by atoms with van der Waals surface area (Å²) >= 11 is 3.81. The van der Waals surface area contributed by atoms with Gasteiger partial charge in [-0.15, -0.1) is 0 Å². The number of hydrogen-bond donors (Lipinski definition) is 10. The number of carbonyl (C=O) groups is 2. The molecule has 2 aromatic heterocycles. The Hall–Kier alpha value is -3.58. The van der Waals surface area contributed by atoms with Crippen LogP contribution in [0.25, 0.3) is 11.2 Å². The number of imidazole rings is 1. The third-order valence-corrected chi connectivity index (χ3v) is 5.86. The Morgan fingerprint density at radius 1 is 1.00 bits per heavy atom. The summed E-state index contributed by atoms with van der Waals surface area (Å²) in [6.45, 7) is -0.415. The van der Waals surface area contributed by atoms with Crippen molar-refractivity contribution in [2.24, 2.45) is 11.5 Å². The van der Waals surface area contributed by atoms with Crippen LogP contribution < -0.4 is 11.5 Å². The highest BCUT2D eigenvalue weighted by molar-refractivity contribution is 7.80. The number of aliphatic hydroxyl groups excluding tert-OH is 3. The van der Waals surface area contributed by atoms with Crippen LogP contribution in [-0.2, 0) is 20.7 Å². The predicted molar refractivity (Wildman–Crippen MR) is 142 cm³/mol. The molecule has 1 aromatic carbocycles. The molecule has 0 amide bonds. The highest BCUT2D eigenvalue weighted by atomic mass is 32.1. The standard InChI is InChI=1S/C10H12N4O5.C9H11NO3.C4H9NO2S/c15-1-4-6(16)7(17)10(19-4)14-3-13-5-8(14)11-2-12-9(5)18;10-8(9(12)13)5-6-1-3-7(11)4-2-6;5-3(1-2-8)4(6)7/h2-4,6-7,10,15-17H,1H2,(H,11,12,18);1-4,8,11H,5,10H2,(H,12,13);3,8H,1-2,5H2,(H,6,7)/t4-,6-,7-,10-;8-;3-/m100/s1. The molecule has 0 radical (unpaired) electrons. The quantitative estimate of drug-likeness (QED) is 0.131. The second-order valence-electron chi connectivity index (χ2n) is 8.52. The van der Waals surface area contributed by atoms with Gasteiger partial charge in [0.15, 0.2) is 17.4 Å². The second-order valence-corrected chi connectivity index (χ2v) is 8.97. The first-order valence-corrected chi connectivity index (χ1v) is 12.4. The lowest BCUT2D eigenvalue weighted by molar-refractivity contribution is -0.139. The van der Waals surface area contributed by atoms with Crippen molar-refractivity contribution in [2.75, 3.05) is 12.4 Å². The van der Waals surface area contributed by atoms with E-state index >= 15 is 0 Å². The molecule has 16 nitrogen and oxygen atoms in total. The molecule has 3 aromatic rings. The molecule has 220 valence electrons. The van der Waals surface area contributed by atoms with Gasteiger partial charge < -0.3 is 51.9 Å². The Bertz CT molecular complexity index is 1250. The smallest absolute Gasteiger partial charge is 0.320 e. The maximum absolute atomic E-state index is 10.4. The Labute approximate surface area is 232 Å². The van der Waals surface area contributed by atoms with E-state index in [0.29, 0.717) is 12.2 Å². The minimum atomic E-state index is -1.23. The first-order valence-electron chi connectivity index (χ1n) is 11.8. The molecule has 3 heterocycles. The Balaban J connectivity index is 0.000000232. The average molecular weight is 585 g/mol. The van der Waals surface area contributed by atoms with Crippen LogP contribution in [0.3, 0.4) is 0 Å². The molecule has 1 saturated heterocycles.